The zero-order valence-electron chi connectivity index (χ0n) is 9.25. The van der Waals surface area contributed by atoms with Gasteiger partial charge in [-0.15, -0.1) is 0 Å². The van der Waals surface area contributed by atoms with Crippen LogP contribution >= 0.6 is 0 Å². The van der Waals surface area contributed by atoms with Crippen molar-refractivity contribution < 1.29 is 24.2 Å². The maximum atomic E-state index is 10.8. The molecule has 6 heteroatoms. The van der Waals surface area contributed by atoms with Crippen LogP contribution in [0, 0.1) is 0 Å². The number of hydrogen-bond donors (Lipinski definition) is 2. The van der Waals surface area contributed by atoms with Crippen LogP contribution in [0.5, 0.6) is 5.75 Å². The van der Waals surface area contributed by atoms with E-state index in [9.17, 15) is 9.59 Å². The summed E-state index contributed by atoms with van der Waals surface area (Å²) < 4.78 is 9.08. The van der Waals surface area contributed by atoms with Crippen molar-refractivity contribution in [1.82, 2.24) is 0 Å². The van der Waals surface area contributed by atoms with Gasteiger partial charge < -0.3 is 20.3 Å². The Morgan fingerprint density at radius 3 is 2.41 bits per heavy atom. The monoisotopic (exact) mass is 239 g/mol. The van der Waals surface area contributed by atoms with E-state index in [1.54, 1.807) is 24.3 Å². The Kier molecular flexibility index (Phi) is 4.47. The van der Waals surface area contributed by atoms with Crippen LogP contribution in [0.2, 0.25) is 0 Å². The fraction of sp³-hybridized carbons (Fsp3) is 0.273. The van der Waals surface area contributed by atoms with Gasteiger partial charge in [0.15, 0.2) is 0 Å². The molecule has 0 fully saturated rings. The third-order valence-corrected chi connectivity index (χ3v) is 2.06. The molecule has 0 amide bonds. The minimum absolute atomic E-state index is 0.216. The largest absolute Gasteiger partial charge is 0.513 e. The van der Waals surface area contributed by atoms with Crippen molar-refractivity contribution >= 4 is 12.1 Å². The summed E-state index contributed by atoms with van der Waals surface area (Å²) in [6, 6.07) is 5.42. The van der Waals surface area contributed by atoms with E-state index in [0.717, 1.165) is 5.56 Å². The minimum Gasteiger partial charge on any atom is -0.480 e. The number of ether oxygens (including phenoxy) is 2. The second-order valence-electron chi connectivity index (χ2n) is 3.35. The molecule has 0 spiro atoms. The van der Waals surface area contributed by atoms with E-state index in [1.807, 2.05) is 0 Å². The summed E-state index contributed by atoms with van der Waals surface area (Å²) in [4.78, 5) is 21.3. The van der Waals surface area contributed by atoms with Gasteiger partial charge in [-0.05, 0) is 24.1 Å². The maximum Gasteiger partial charge on any atom is 0.513 e. The van der Waals surface area contributed by atoms with E-state index in [2.05, 4.69) is 4.74 Å². The number of methoxy groups -OCH3 is 1. The highest BCUT2D eigenvalue weighted by molar-refractivity contribution is 5.73. The molecule has 0 aliphatic carbocycles. The fourth-order valence-corrected chi connectivity index (χ4v) is 1.17. The van der Waals surface area contributed by atoms with Crippen LogP contribution in [0.1, 0.15) is 5.56 Å². The van der Waals surface area contributed by atoms with E-state index in [1.165, 1.54) is 7.11 Å². The third-order valence-electron chi connectivity index (χ3n) is 2.06. The number of benzene rings is 1. The topological polar surface area (TPSA) is 98.9 Å². The van der Waals surface area contributed by atoms with E-state index in [4.69, 9.17) is 15.6 Å². The fourth-order valence-electron chi connectivity index (χ4n) is 1.17. The van der Waals surface area contributed by atoms with Crippen molar-refractivity contribution in [3.63, 3.8) is 0 Å². The number of rotatable bonds is 4. The SMILES string of the molecule is COC(=O)Oc1ccc(C[C@H](N)C(=O)O)cc1. The molecule has 17 heavy (non-hydrogen) atoms. The van der Waals surface area contributed by atoms with Gasteiger partial charge in [-0.3, -0.25) is 4.79 Å². The van der Waals surface area contributed by atoms with Crippen LogP contribution in [-0.4, -0.2) is 30.4 Å². The molecule has 1 atom stereocenters. The Labute approximate surface area is 97.9 Å². The molecule has 6 nitrogen and oxygen atoms in total. The van der Waals surface area contributed by atoms with E-state index in [0.29, 0.717) is 5.75 Å². The van der Waals surface area contributed by atoms with Crippen LogP contribution in [0.3, 0.4) is 0 Å². The molecule has 0 bridgehead atoms. The Morgan fingerprint density at radius 1 is 1.35 bits per heavy atom. The van der Waals surface area contributed by atoms with Crippen molar-refractivity contribution in [3.05, 3.63) is 29.8 Å². The summed E-state index contributed by atoms with van der Waals surface area (Å²) in [5.74, 6) is -0.732. The van der Waals surface area contributed by atoms with Crippen LogP contribution in [0.4, 0.5) is 4.79 Å². The molecule has 0 heterocycles. The highest BCUT2D eigenvalue weighted by atomic mass is 16.7. The number of carboxylic acids is 1. The van der Waals surface area contributed by atoms with Crippen molar-refractivity contribution in [3.8, 4) is 5.75 Å². The quantitative estimate of drug-likeness (QED) is 0.595. The van der Waals surface area contributed by atoms with Crippen molar-refractivity contribution in [2.45, 2.75) is 12.5 Å². The molecule has 0 radical (unpaired) electrons. The number of carbonyl (C=O) groups excluding carboxylic acids is 1. The molecular formula is C11H13NO5. The van der Waals surface area contributed by atoms with Crippen molar-refractivity contribution in [1.29, 1.82) is 0 Å². The average molecular weight is 239 g/mol. The Morgan fingerprint density at radius 2 is 1.94 bits per heavy atom. The first-order chi connectivity index (χ1) is 8.02. The molecule has 1 rings (SSSR count). The van der Waals surface area contributed by atoms with Crippen LogP contribution < -0.4 is 10.5 Å². The second kappa shape index (κ2) is 5.86. The number of carboxylic acid groups (broad SMARTS) is 1. The van der Waals surface area contributed by atoms with Gasteiger partial charge in [-0.1, -0.05) is 12.1 Å². The molecule has 1 aromatic carbocycles. The molecule has 0 saturated carbocycles. The van der Waals surface area contributed by atoms with Gasteiger partial charge >= 0.3 is 12.1 Å². The summed E-state index contributed by atoms with van der Waals surface area (Å²) >= 11 is 0. The highest BCUT2D eigenvalue weighted by Gasteiger charge is 2.12. The standard InChI is InChI=1S/C11H13NO5/c1-16-11(15)17-8-4-2-7(3-5-8)6-9(12)10(13)14/h2-5,9H,6,12H2,1H3,(H,13,14)/t9-/m0/s1. The first-order valence-corrected chi connectivity index (χ1v) is 4.86. The van der Waals surface area contributed by atoms with Gasteiger partial charge in [-0.2, -0.15) is 0 Å². The molecule has 0 aliphatic heterocycles. The van der Waals surface area contributed by atoms with Crippen LogP contribution in [0.25, 0.3) is 0 Å². The predicted molar refractivity (Wildman–Crippen MR) is 58.8 cm³/mol. The normalized spacial score (nSPS) is 11.6. The van der Waals surface area contributed by atoms with Gasteiger partial charge in [0.05, 0.1) is 7.11 Å². The van der Waals surface area contributed by atoms with Crippen molar-refractivity contribution in [2.24, 2.45) is 5.73 Å². The van der Waals surface area contributed by atoms with E-state index in [-0.39, 0.29) is 6.42 Å². The van der Waals surface area contributed by atoms with Gasteiger partial charge in [0.1, 0.15) is 11.8 Å². The summed E-state index contributed by atoms with van der Waals surface area (Å²) in [7, 11) is 1.21. The maximum absolute atomic E-state index is 10.8. The Hall–Kier alpha value is -2.08. The molecule has 3 N–H and O–H groups in total. The lowest BCUT2D eigenvalue weighted by molar-refractivity contribution is -0.138. The van der Waals surface area contributed by atoms with Crippen LogP contribution in [-0.2, 0) is 16.0 Å². The summed E-state index contributed by atoms with van der Waals surface area (Å²) in [6.45, 7) is 0. The number of carbonyl (C=O) groups is 2. The van der Waals surface area contributed by atoms with Gasteiger partial charge in [0.25, 0.3) is 0 Å². The first-order valence-electron chi connectivity index (χ1n) is 4.86. The average Bonchev–Trinajstić information content (AvgIpc) is 2.31. The van der Waals surface area contributed by atoms with Gasteiger partial charge in [0.2, 0.25) is 0 Å². The number of hydrogen-bond acceptors (Lipinski definition) is 5. The van der Waals surface area contributed by atoms with Gasteiger partial charge in [-0.25, -0.2) is 4.79 Å². The number of aliphatic carboxylic acids is 1. The lowest BCUT2D eigenvalue weighted by Crippen LogP contribution is -2.32. The second-order valence-corrected chi connectivity index (χ2v) is 3.35. The Balaban J connectivity index is 2.62. The smallest absolute Gasteiger partial charge is 0.480 e. The van der Waals surface area contributed by atoms with Crippen LogP contribution in [0.15, 0.2) is 24.3 Å². The summed E-state index contributed by atoms with van der Waals surface area (Å²) in [5.41, 5.74) is 6.13. The van der Waals surface area contributed by atoms with Crippen molar-refractivity contribution in [2.75, 3.05) is 7.11 Å². The Bertz CT molecular complexity index is 401. The zero-order valence-corrected chi connectivity index (χ0v) is 9.25. The number of nitrogens with two attached hydrogens (primary N) is 1. The molecule has 0 aliphatic rings. The molecular weight excluding hydrogens is 226 g/mol. The highest BCUT2D eigenvalue weighted by Crippen LogP contribution is 2.13. The summed E-state index contributed by atoms with van der Waals surface area (Å²) in [5, 5.41) is 8.64. The molecule has 0 unspecified atom stereocenters. The third kappa shape index (κ3) is 4.12. The molecule has 92 valence electrons. The van der Waals surface area contributed by atoms with E-state index >= 15 is 0 Å². The van der Waals surface area contributed by atoms with Gasteiger partial charge in [0, 0.05) is 0 Å². The van der Waals surface area contributed by atoms with E-state index < -0.39 is 18.2 Å². The molecule has 0 saturated heterocycles. The molecule has 1 aromatic rings. The molecule has 0 aromatic heterocycles. The lowest BCUT2D eigenvalue weighted by Gasteiger charge is -2.07. The summed E-state index contributed by atoms with van der Waals surface area (Å²) in [6.07, 6.45) is -0.589. The lowest BCUT2D eigenvalue weighted by atomic mass is 10.1. The first kappa shape index (κ1) is 13.0. The predicted octanol–water partition coefficient (Wildman–Crippen LogP) is 0.786. The zero-order chi connectivity index (χ0) is 12.8. The minimum atomic E-state index is -1.06.